The van der Waals surface area contributed by atoms with Gasteiger partial charge in [-0.15, -0.1) is 0 Å². The SMILES string of the molecule is CC(C)(C)CNCc1ccc(CN)o1. The van der Waals surface area contributed by atoms with Crippen LogP contribution in [0.25, 0.3) is 0 Å². The molecule has 3 N–H and O–H groups in total. The van der Waals surface area contributed by atoms with Crippen LogP contribution in [0.5, 0.6) is 0 Å². The van der Waals surface area contributed by atoms with Gasteiger partial charge >= 0.3 is 0 Å². The Morgan fingerprint density at radius 2 is 1.93 bits per heavy atom. The van der Waals surface area contributed by atoms with Crippen LogP contribution in [0.2, 0.25) is 0 Å². The fourth-order valence-electron chi connectivity index (χ4n) is 1.19. The van der Waals surface area contributed by atoms with Crippen molar-refractivity contribution in [1.82, 2.24) is 5.32 Å². The van der Waals surface area contributed by atoms with E-state index in [2.05, 4.69) is 26.1 Å². The van der Waals surface area contributed by atoms with Gasteiger partial charge in [-0.05, 0) is 17.5 Å². The average molecular weight is 196 g/mol. The molecule has 0 atom stereocenters. The fourth-order valence-corrected chi connectivity index (χ4v) is 1.19. The van der Waals surface area contributed by atoms with Crippen LogP contribution in [0.1, 0.15) is 32.3 Å². The van der Waals surface area contributed by atoms with Crippen LogP contribution in [0.15, 0.2) is 16.5 Å². The Hall–Kier alpha value is -0.800. The van der Waals surface area contributed by atoms with E-state index in [9.17, 15) is 0 Å². The monoisotopic (exact) mass is 196 g/mol. The van der Waals surface area contributed by atoms with Crippen LogP contribution >= 0.6 is 0 Å². The van der Waals surface area contributed by atoms with Gasteiger partial charge in [0.15, 0.2) is 0 Å². The first-order chi connectivity index (χ1) is 6.51. The number of nitrogens with one attached hydrogen (secondary N) is 1. The van der Waals surface area contributed by atoms with Crippen LogP contribution in [0, 0.1) is 5.41 Å². The fraction of sp³-hybridized carbons (Fsp3) is 0.636. The normalized spacial score (nSPS) is 12.0. The molecule has 0 fully saturated rings. The molecule has 0 aliphatic heterocycles. The molecule has 0 radical (unpaired) electrons. The Kier molecular flexibility index (Phi) is 3.72. The summed E-state index contributed by atoms with van der Waals surface area (Å²) in [6.45, 7) is 8.83. The molecule has 0 aliphatic rings. The van der Waals surface area contributed by atoms with Crippen LogP contribution < -0.4 is 11.1 Å². The summed E-state index contributed by atoms with van der Waals surface area (Å²) in [7, 11) is 0. The molecule has 0 saturated heterocycles. The summed E-state index contributed by atoms with van der Waals surface area (Å²) < 4.78 is 5.46. The number of hydrogen-bond acceptors (Lipinski definition) is 3. The molecule has 0 saturated carbocycles. The van der Waals surface area contributed by atoms with E-state index in [4.69, 9.17) is 10.2 Å². The molecule has 0 aliphatic carbocycles. The van der Waals surface area contributed by atoms with Crippen LogP contribution in [-0.4, -0.2) is 6.54 Å². The highest BCUT2D eigenvalue weighted by Crippen LogP contribution is 2.11. The van der Waals surface area contributed by atoms with Crippen molar-refractivity contribution in [2.75, 3.05) is 6.54 Å². The zero-order valence-electron chi connectivity index (χ0n) is 9.26. The minimum absolute atomic E-state index is 0.309. The van der Waals surface area contributed by atoms with Crippen molar-refractivity contribution in [3.05, 3.63) is 23.7 Å². The quantitative estimate of drug-likeness (QED) is 0.773. The van der Waals surface area contributed by atoms with E-state index in [1.807, 2.05) is 12.1 Å². The van der Waals surface area contributed by atoms with Gasteiger partial charge in [-0.1, -0.05) is 20.8 Å². The predicted octanol–water partition coefficient (Wildman–Crippen LogP) is 1.87. The van der Waals surface area contributed by atoms with Crippen molar-refractivity contribution < 1.29 is 4.42 Å². The standard InChI is InChI=1S/C11H20N2O/c1-11(2,3)8-13-7-10-5-4-9(6-12)14-10/h4-5,13H,6-8,12H2,1-3H3. The Morgan fingerprint density at radius 3 is 2.43 bits per heavy atom. The lowest BCUT2D eigenvalue weighted by Gasteiger charge is -2.18. The number of nitrogens with two attached hydrogens (primary N) is 1. The lowest BCUT2D eigenvalue weighted by molar-refractivity contribution is 0.363. The minimum atomic E-state index is 0.309. The molecule has 0 amide bonds. The second-order valence-electron chi connectivity index (χ2n) is 4.74. The van der Waals surface area contributed by atoms with Gasteiger partial charge in [0.25, 0.3) is 0 Å². The molecule has 1 rings (SSSR count). The van der Waals surface area contributed by atoms with E-state index in [0.717, 1.165) is 24.6 Å². The Bertz CT molecular complexity index is 273. The first-order valence-electron chi connectivity index (χ1n) is 4.99. The van der Waals surface area contributed by atoms with Crippen LogP contribution in [-0.2, 0) is 13.1 Å². The largest absolute Gasteiger partial charge is 0.463 e. The second-order valence-corrected chi connectivity index (χ2v) is 4.74. The van der Waals surface area contributed by atoms with Crippen molar-refractivity contribution in [3.63, 3.8) is 0 Å². The highest BCUT2D eigenvalue weighted by Gasteiger charge is 2.09. The highest BCUT2D eigenvalue weighted by atomic mass is 16.3. The molecule has 1 heterocycles. The van der Waals surface area contributed by atoms with Crippen LogP contribution in [0.3, 0.4) is 0 Å². The summed E-state index contributed by atoms with van der Waals surface area (Å²) in [5.74, 6) is 1.80. The summed E-state index contributed by atoms with van der Waals surface area (Å²) >= 11 is 0. The van der Waals surface area contributed by atoms with Crippen molar-refractivity contribution in [2.45, 2.75) is 33.9 Å². The van der Waals surface area contributed by atoms with E-state index >= 15 is 0 Å². The van der Waals surface area contributed by atoms with Gasteiger partial charge < -0.3 is 15.5 Å². The molecule has 3 nitrogen and oxygen atoms in total. The maximum absolute atomic E-state index is 5.46. The maximum atomic E-state index is 5.46. The molecule has 0 unspecified atom stereocenters. The zero-order valence-corrected chi connectivity index (χ0v) is 9.26. The molecule has 3 heteroatoms. The smallest absolute Gasteiger partial charge is 0.118 e. The first-order valence-corrected chi connectivity index (χ1v) is 4.99. The Balaban J connectivity index is 2.31. The minimum Gasteiger partial charge on any atom is -0.463 e. The molecule has 1 aromatic rings. The third-order valence-corrected chi connectivity index (χ3v) is 1.87. The number of rotatable bonds is 4. The molecular formula is C11H20N2O. The first kappa shape index (κ1) is 11.3. The molecule has 80 valence electrons. The average Bonchev–Trinajstić information content (AvgIpc) is 2.50. The topological polar surface area (TPSA) is 51.2 Å². The summed E-state index contributed by atoms with van der Waals surface area (Å²) in [4.78, 5) is 0. The van der Waals surface area contributed by atoms with Gasteiger partial charge in [-0.3, -0.25) is 0 Å². The molecular weight excluding hydrogens is 176 g/mol. The van der Waals surface area contributed by atoms with Gasteiger partial charge in [0.2, 0.25) is 0 Å². The lowest BCUT2D eigenvalue weighted by atomic mass is 9.97. The van der Waals surface area contributed by atoms with Crippen molar-refractivity contribution in [1.29, 1.82) is 0 Å². The molecule has 0 aromatic carbocycles. The van der Waals surface area contributed by atoms with Crippen molar-refractivity contribution in [2.24, 2.45) is 11.1 Å². The summed E-state index contributed by atoms with van der Waals surface area (Å²) in [6, 6.07) is 3.89. The number of hydrogen-bond donors (Lipinski definition) is 2. The van der Waals surface area contributed by atoms with Gasteiger partial charge in [0, 0.05) is 6.54 Å². The molecule has 0 bridgehead atoms. The van der Waals surface area contributed by atoms with E-state index < -0.39 is 0 Å². The molecule has 14 heavy (non-hydrogen) atoms. The Morgan fingerprint density at radius 1 is 1.29 bits per heavy atom. The summed E-state index contributed by atoms with van der Waals surface area (Å²) in [6.07, 6.45) is 0. The Labute approximate surface area is 85.7 Å². The summed E-state index contributed by atoms with van der Waals surface area (Å²) in [5.41, 5.74) is 5.76. The van der Waals surface area contributed by atoms with Gasteiger partial charge in [-0.25, -0.2) is 0 Å². The van der Waals surface area contributed by atoms with E-state index in [1.165, 1.54) is 0 Å². The third-order valence-electron chi connectivity index (χ3n) is 1.87. The van der Waals surface area contributed by atoms with E-state index in [-0.39, 0.29) is 0 Å². The number of furan rings is 1. The van der Waals surface area contributed by atoms with Crippen LogP contribution in [0.4, 0.5) is 0 Å². The zero-order chi connectivity index (χ0) is 10.6. The van der Waals surface area contributed by atoms with E-state index in [1.54, 1.807) is 0 Å². The van der Waals surface area contributed by atoms with E-state index in [0.29, 0.717) is 12.0 Å². The summed E-state index contributed by atoms with van der Waals surface area (Å²) in [5, 5.41) is 3.34. The third kappa shape index (κ3) is 3.94. The van der Waals surface area contributed by atoms with Crippen molar-refractivity contribution >= 4 is 0 Å². The van der Waals surface area contributed by atoms with Crippen molar-refractivity contribution in [3.8, 4) is 0 Å². The highest BCUT2D eigenvalue weighted by molar-refractivity contribution is 5.06. The maximum Gasteiger partial charge on any atom is 0.118 e. The molecule has 0 spiro atoms. The van der Waals surface area contributed by atoms with Gasteiger partial charge in [0.1, 0.15) is 11.5 Å². The lowest BCUT2D eigenvalue weighted by Crippen LogP contribution is -2.26. The van der Waals surface area contributed by atoms with Gasteiger partial charge in [0.05, 0.1) is 13.1 Å². The molecule has 1 aromatic heterocycles. The second kappa shape index (κ2) is 4.62. The predicted molar refractivity (Wildman–Crippen MR) is 57.8 cm³/mol. The van der Waals surface area contributed by atoms with Gasteiger partial charge in [-0.2, -0.15) is 0 Å².